The quantitative estimate of drug-likeness (QED) is 0.130. The van der Waals surface area contributed by atoms with Crippen LogP contribution in [0.2, 0.25) is 0 Å². The maximum Gasteiger partial charge on any atom is 0.417 e. The average molecular weight is 1940 g/mol. The van der Waals surface area contributed by atoms with Gasteiger partial charge in [0.25, 0.3) is 0 Å². The van der Waals surface area contributed by atoms with E-state index in [-0.39, 0.29) is 93.1 Å². The van der Waals surface area contributed by atoms with E-state index in [1.165, 1.54) is 175 Å². The van der Waals surface area contributed by atoms with Gasteiger partial charge >= 0.3 is 48.7 Å². The molecule has 0 atom stereocenters. The van der Waals surface area contributed by atoms with Gasteiger partial charge in [-0.05, 0) is 405 Å². The van der Waals surface area contributed by atoms with Crippen LogP contribution in [0.4, 0.5) is 38.4 Å². The Bertz CT molecular complexity index is 3790. The van der Waals surface area contributed by atoms with Gasteiger partial charge in [-0.25, -0.2) is 53.1 Å². The zero-order chi connectivity index (χ0) is 100. The number of hydrogen-bond donors (Lipinski definition) is 0. The van der Waals surface area contributed by atoms with Crippen molar-refractivity contribution in [1.29, 1.82) is 0 Å². The minimum atomic E-state index is -0.528. The summed E-state index contributed by atoms with van der Waals surface area (Å²) in [6, 6.07) is 0. The lowest BCUT2D eigenvalue weighted by molar-refractivity contribution is -0.167. The molecule has 0 aromatic rings. The van der Waals surface area contributed by atoms with Gasteiger partial charge in [0.05, 0.1) is 0 Å². The molecule has 788 valence electrons. The SMILES string of the molecule is CC(C)(OC(=O)N1CCCC1=O)C12CC3CC(CC(C3)C1)C2.CC(C)(OC(=O)N1CCCCC1)C1CCCCC1.CC(C)C(C)(C)OC(=O)N1CCCC1=O.CC1(OC(=O)N2CCCCC2)C2CC3CC(C2)CC1C3.CC1(OC(=O)N2CCCCC2)CCCCC1.CCC(C)(C)OC(=O)N1CCCCC1.CCC(CC)(CC)OC(=O)N1CCCCC1.CCC1(OC(=O)N2CCCC2=O)CCCCC1. The van der Waals surface area contributed by atoms with Crippen LogP contribution in [0.25, 0.3) is 0 Å². The molecule has 138 heavy (non-hydrogen) atoms. The molecule has 19 rings (SSSR count). The van der Waals surface area contributed by atoms with Gasteiger partial charge in [0, 0.05) is 110 Å². The van der Waals surface area contributed by atoms with Crippen molar-refractivity contribution in [3.05, 3.63) is 0 Å². The number of carbonyl (C=O) groups excluding carboxylic acids is 11. The van der Waals surface area contributed by atoms with Gasteiger partial charge in [0.2, 0.25) is 17.7 Å². The molecule has 8 aliphatic heterocycles. The summed E-state index contributed by atoms with van der Waals surface area (Å²) in [5, 5.41) is 0. The van der Waals surface area contributed by atoms with Crippen LogP contribution in [0.5, 0.6) is 0 Å². The summed E-state index contributed by atoms with van der Waals surface area (Å²) in [6.45, 7) is 44.9. The highest BCUT2D eigenvalue weighted by Crippen LogP contribution is 2.65. The van der Waals surface area contributed by atoms with E-state index < -0.39 is 29.5 Å². The Morgan fingerprint density at radius 1 is 0.333 bits per heavy atom. The molecule has 27 nitrogen and oxygen atoms in total. The predicted molar refractivity (Wildman–Crippen MR) is 537 cm³/mol. The standard InChI is InChI=1S/C18H27NO3.C17H27NO2.C15H27NO2.C13H21NO3.C13H23NO2.C13H25NO2.C11H19NO3.C11H21NO2/c1-17(2,22-16(21)19-5-3-4-15(19)20)18-9-12-6-13(10-18)8-14(7-12)11-18;1-17(20-16(19)18-5-3-2-4-6-18)14-8-12-7-13(10-14)11-15(17)9-12;1-15(2,13-9-5-3-6-10-13)18-14(17)16-11-7-4-8-12-16;1-2-13(8-4-3-5-9-13)17-12(16)14-10-6-7-11(14)15;1-13(8-4-2-5-9-13)16-12(15)14-10-6-3-7-11-14;1-4-13(5-2,6-3)16-12(15)14-10-8-7-9-11-14;1-8(2)11(3,4)15-10(14)12-7-5-6-9(12)13;1-4-11(2,3)14-10(13)12-8-6-5-7-9-12/h12-14H,3-11H2,1-2H3;12-15H,2-11H2,1H3;13H,3-12H2,1-2H3;2-10H2,1H3;2-11H2,1H3;4-11H2,1-3H3;8H,5-7H2,1-4H3;4-9H2,1-3H3. The van der Waals surface area contributed by atoms with Crippen molar-refractivity contribution < 1.29 is 90.6 Å². The largest absolute Gasteiger partial charge is 0.443 e. The highest BCUT2D eigenvalue weighted by Gasteiger charge is 2.61. The number of likely N-dealkylation sites (tertiary alicyclic amines) is 8. The minimum Gasteiger partial charge on any atom is -0.443 e. The Morgan fingerprint density at radius 2 is 0.667 bits per heavy atom. The molecule has 0 spiro atoms. The second kappa shape index (κ2) is 52.1. The fraction of sp³-hybridized carbons (Fsp3) is 0.901. The van der Waals surface area contributed by atoms with Crippen molar-refractivity contribution in [3.8, 4) is 0 Å². The summed E-state index contributed by atoms with van der Waals surface area (Å²) in [5.74, 6) is 6.09. The lowest BCUT2D eigenvalue weighted by Crippen LogP contribution is -2.59. The maximum absolute atomic E-state index is 12.5. The molecule has 0 aromatic heterocycles. The van der Waals surface area contributed by atoms with E-state index in [0.717, 1.165) is 249 Å². The summed E-state index contributed by atoms with van der Waals surface area (Å²) in [6.07, 6.45) is 55.7. The third-order valence-corrected chi connectivity index (χ3v) is 35.8. The van der Waals surface area contributed by atoms with E-state index in [9.17, 15) is 52.7 Å². The van der Waals surface area contributed by atoms with Gasteiger partial charge in [-0.1, -0.05) is 80.6 Å². The molecule has 0 aromatic carbocycles. The summed E-state index contributed by atoms with van der Waals surface area (Å²) in [5.41, 5.74) is -2.38. The van der Waals surface area contributed by atoms with Crippen LogP contribution in [0.3, 0.4) is 0 Å². The maximum atomic E-state index is 12.5. The number of imide groups is 3. The molecule has 19 aliphatic rings. The third kappa shape index (κ3) is 31.8. The Balaban J connectivity index is 0.000000163. The van der Waals surface area contributed by atoms with Crippen molar-refractivity contribution in [1.82, 2.24) is 39.2 Å². The van der Waals surface area contributed by atoms with E-state index in [4.69, 9.17) is 37.9 Å². The van der Waals surface area contributed by atoms with E-state index in [1.807, 2.05) is 73.0 Å². The fourth-order valence-electron chi connectivity index (χ4n) is 25.5. The van der Waals surface area contributed by atoms with Crippen molar-refractivity contribution in [2.75, 3.05) is 85.1 Å². The fourth-order valence-corrected chi connectivity index (χ4v) is 25.5. The topological polar surface area (TPSA) is 288 Å². The lowest BCUT2D eigenvalue weighted by Gasteiger charge is -2.61. The molecule has 0 N–H and O–H groups in total. The Labute approximate surface area is 832 Å². The van der Waals surface area contributed by atoms with Crippen molar-refractivity contribution >= 4 is 66.5 Å². The smallest absolute Gasteiger partial charge is 0.417 e. The number of amides is 11. The normalized spacial score (nSPS) is 27.8. The van der Waals surface area contributed by atoms with Crippen LogP contribution in [0, 0.1) is 58.7 Å². The van der Waals surface area contributed by atoms with Crippen LogP contribution in [0.1, 0.15) is 452 Å². The third-order valence-electron chi connectivity index (χ3n) is 35.8. The monoisotopic (exact) mass is 1940 g/mol. The van der Waals surface area contributed by atoms with Crippen LogP contribution < -0.4 is 0 Å². The summed E-state index contributed by atoms with van der Waals surface area (Å²) in [7, 11) is 0. The van der Waals surface area contributed by atoms with Crippen LogP contribution in [-0.4, -0.2) is 236 Å². The predicted octanol–water partition coefficient (Wildman–Crippen LogP) is 26.3. The van der Waals surface area contributed by atoms with E-state index in [1.54, 1.807) is 0 Å². The molecule has 11 aliphatic carbocycles. The highest BCUT2D eigenvalue weighted by molar-refractivity contribution is 5.95. The first-order chi connectivity index (χ1) is 65.6. The first-order valence-electron chi connectivity index (χ1n) is 56.1. The molecule has 11 amide bonds. The molecule has 0 radical (unpaired) electrons. The van der Waals surface area contributed by atoms with Crippen molar-refractivity contribution in [2.24, 2.45) is 58.7 Å². The van der Waals surface area contributed by atoms with Gasteiger partial charge < -0.3 is 62.4 Å². The summed E-state index contributed by atoms with van der Waals surface area (Å²) < 4.78 is 45.7. The van der Waals surface area contributed by atoms with Crippen LogP contribution in [0.15, 0.2) is 0 Å². The van der Waals surface area contributed by atoms with Gasteiger partial charge in [-0.15, -0.1) is 0 Å². The van der Waals surface area contributed by atoms with Gasteiger partial charge in [0.15, 0.2) is 0 Å². The van der Waals surface area contributed by atoms with Crippen molar-refractivity contribution in [3.63, 3.8) is 0 Å². The van der Waals surface area contributed by atoms with E-state index in [2.05, 4.69) is 69.2 Å². The number of nitrogens with zero attached hydrogens (tertiary/aromatic N) is 8. The summed E-state index contributed by atoms with van der Waals surface area (Å²) in [4.78, 5) is 144. The second-order valence-electron chi connectivity index (χ2n) is 47.5. The Kier molecular flexibility index (Phi) is 42.7. The number of hydrogen-bond acceptors (Lipinski definition) is 19. The molecular weight excluding hydrogens is 1750 g/mol. The highest BCUT2D eigenvalue weighted by atomic mass is 16.6. The van der Waals surface area contributed by atoms with Crippen molar-refractivity contribution in [2.45, 2.75) is 496 Å². The second-order valence-corrected chi connectivity index (χ2v) is 47.5. The van der Waals surface area contributed by atoms with Crippen LogP contribution >= 0.6 is 0 Å². The average Bonchev–Trinajstić information content (AvgIpc) is 0.857. The van der Waals surface area contributed by atoms with E-state index >= 15 is 0 Å². The molecule has 8 heterocycles. The molecule has 11 saturated carbocycles. The van der Waals surface area contributed by atoms with Gasteiger partial charge in [-0.2, -0.15) is 0 Å². The number of ether oxygens (including phenoxy) is 8. The Hall–Kier alpha value is -6.83. The summed E-state index contributed by atoms with van der Waals surface area (Å²) >= 11 is 0. The minimum absolute atomic E-state index is 0.0281. The Morgan fingerprint density at radius 3 is 1.03 bits per heavy atom. The van der Waals surface area contributed by atoms with Gasteiger partial charge in [-0.3, -0.25) is 14.4 Å². The van der Waals surface area contributed by atoms with E-state index in [0.29, 0.717) is 56.7 Å². The first kappa shape index (κ1) is 113. The zero-order valence-electron chi connectivity index (χ0n) is 89.5. The lowest BCUT2D eigenvalue weighted by atomic mass is 9.46. The van der Waals surface area contributed by atoms with Crippen LogP contribution in [-0.2, 0) is 52.3 Å². The molecule has 27 heteroatoms. The molecule has 0 unspecified atom stereocenters. The number of carbonyl (C=O) groups is 11. The molecule has 8 bridgehead atoms. The first-order valence-corrected chi connectivity index (χ1v) is 56.1. The molecular formula is C111H190N8O19. The molecule has 8 saturated heterocycles. The zero-order valence-corrected chi connectivity index (χ0v) is 89.5. The number of rotatable bonds is 16. The number of piperidine rings is 5. The molecule has 19 fully saturated rings. The van der Waals surface area contributed by atoms with Gasteiger partial charge in [0.1, 0.15) is 44.8 Å².